The lowest BCUT2D eigenvalue weighted by molar-refractivity contribution is -0.384. The molecule has 6 nitrogen and oxygen atoms in total. The molecule has 0 radical (unpaired) electrons. The van der Waals surface area contributed by atoms with Gasteiger partial charge in [-0.1, -0.05) is 15.9 Å². The van der Waals surface area contributed by atoms with Gasteiger partial charge in [0, 0.05) is 36.2 Å². The molecule has 1 aromatic carbocycles. The number of benzene rings is 1. The molecule has 1 aromatic rings. The molecule has 0 atom stereocenters. The summed E-state index contributed by atoms with van der Waals surface area (Å²) in [6.07, 6.45) is 2.13. The first-order chi connectivity index (χ1) is 10.1. The van der Waals surface area contributed by atoms with E-state index < -0.39 is 4.92 Å². The highest BCUT2D eigenvalue weighted by Crippen LogP contribution is 2.25. The second kappa shape index (κ2) is 7.84. The minimum Gasteiger partial charge on any atom is -0.394 e. The Morgan fingerprint density at radius 2 is 2.14 bits per heavy atom. The number of nitro benzene ring substituents is 1. The van der Waals surface area contributed by atoms with E-state index in [9.17, 15) is 10.1 Å². The first-order valence-corrected chi connectivity index (χ1v) is 7.77. The Morgan fingerprint density at radius 3 is 2.71 bits per heavy atom. The highest BCUT2D eigenvalue weighted by Gasteiger charge is 2.20. The maximum atomic E-state index is 10.7. The predicted octanol–water partition coefficient (Wildman–Crippen LogP) is 2.33. The molecular weight excluding hydrogens is 340 g/mol. The lowest BCUT2D eigenvalue weighted by atomic mass is 10.1. The van der Waals surface area contributed by atoms with Gasteiger partial charge >= 0.3 is 0 Å². The molecule has 0 aromatic heterocycles. The summed E-state index contributed by atoms with van der Waals surface area (Å²) in [5.74, 6) is 0. The van der Waals surface area contributed by atoms with Crippen molar-refractivity contribution < 1.29 is 14.8 Å². The van der Waals surface area contributed by atoms with Crippen LogP contribution in [0.1, 0.15) is 18.4 Å². The molecule has 116 valence electrons. The summed E-state index contributed by atoms with van der Waals surface area (Å²) in [6, 6.07) is 4.89. The standard InChI is InChI=1S/C14H19BrN2O4/c15-14-9-12(17(19)20)2-1-11(14)10-16-5-3-13(4-6-16)21-8-7-18/h1-2,9,13,18H,3-8,10H2. The average Bonchev–Trinajstić information content (AvgIpc) is 2.48. The van der Waals surface area contributed by atoms with Crippen molar-refractivity contribution in [3.63, 3.8) is 0 Å². The molecular formula is C14H19BrN2O4. The van der Waals surface area contributed by atoms with E-state index in [1.165, 1.54) is 6.07 Å². The molecule has 1 aliphatic heterocycles. The van der Waals surface area contributed by atoms with Gasteiger partial charge in [-0.15, -0.1) is 0 Å². The van der Waals surface area contributed by atoms with Crippen molar-refractivity contribution in [2.45, 2.75) is 25.5 Å². The highest BCUT2D eigenvalue weighted by molar-refractivity contribution is 9.10. The van der Waals surface area contributed by atoms with Gasteiger partial charge in [0.1, 0.15) is 0 Å². The van der Waals surface area contributed by atoms with Gasteiger partial charge in [-0.25, -0.2) is 0 Å². The van der Waals surface area contributed by atoms with Crippen molar-refractivity contribution in [3.05, 3.63) is 38.3 Å². The van der Waals surface area contributed by atoms with Crippen molar-refractivity contribution in [1.29, 1.82) is 0 Å². The molecule has 21 heavy (non-hydrogen) atoms. The van der Waals surface area contributed by atoms with Crippen LogP contribution in [-0.2, 0) is 11.3 Å². The van der Waals surface area contributed by atoms with E-state index in [0.717, 1.165) is 42.5 Å². The number of nitro groups is 1. The number of non-ortho nitro benzene ring substituents is 1. The largest absolute Gasteiger partial charge is 0.394 e. The van der Waals surface area contributed by atoms with Gasteiger partial charge in [-0.05, 0) is 24.5 Å². The van der Waals surface area contributed by atoms with Crippen LogP contribution in [0.3, 0.4) is 0 Å². The Balaban J connectivity index is 1.87. The third-order valence-corrected chi connectivity index (χ3v) is 4.36. The molecule has 0 spiro atoms. The highest BCUT2D eigenvalue weighted by atomic mass is 79.9. The van der Waals surface area contributed by atoms with Gasteiger partial charge in [-0.2, -0.15) is 0 Å². The molecule has 1 heterocycles. The third-order valence-electron chi connectivity index (χ3n) is 3.62. The van der Waals surface area contributed by atoms with Gasteiger partial charge in [0.05, 0.1) is 24.2 Å². The molecule has 1 saturated heterocycles. The van der Waals surface area contributed by atoms with Crippen LogP contribution in [0, 0.1) is 10.1 Å². The van der Waals surface area contributed by atoms with Crippen LogP contribution in [0.5, 0.6) is 0 Å². The smallest absolute Gasteiger partial charge is 0.270 e. The van der Waals surface area contributed by atoms with Crippen LogP contribution < -0.4 is 0 Å². The van der Waals surface area contributed by atoms with Gasteiger partial charge < -0.3 is 9.84 Å². The number of piperidine rings is 1. The molecule has 1 aliphatic rings. The first kappa shape index (κ1) is 16.4. The van der Waals surface area contributed by atoms with Gasteiger partial charge in [0.15, 0.2) is 0 Å². The monoisotopic (exact) mass is 358 g/mol. The maximum absolute atomic E-state index is 10.7. The van der Waals surface area contributed by atoms with Gasteiger partial charge in [0.25, 0.3) is 5.69 Å². The van der Waals surface area contributed by atoms with Gasteiger partial charge in [0.2, 0.25) is 0 Å². The van der Waals surface area contributed by atoms with Crippen molar-refractivity contribution in [2.75, 3.05) is 26.3 Å². The summed E-state index contributed by atoms with van der Waals surface area (Å²) in [5.41, 5.74) is 1.15. The summed E-state index contributed by atoms with van der Waals surface area (Å²) in [4.78, 5) is 12.6. The quantitative estimate of drug-likeness (QED) is 0.623. The minimum atomic E-state index is -0.390. The number of rotatable bonds is 6. The second-order valence-electron chi connectivity index (χ2n) is 5.10. The summed E-state index contributed by atoms with van der Waals surface area (Å²) < 4.78 is 6.31. The van der Waals surface area contributed by atoms with Crippen LogP contribution >= 0.6 is 15.9 Å². The molecule has 0 amide bonds. The number of ether oxygens (including phenoxy) is 1. The first-order valence-electron chi connectivity index (χ1n) is 6.98. The van der Waals surface area contributed by atoms with E-state index in [2.05, 4.69) is 20.8 Å². The van der Waals surface area contributed by atoms with E-state index in [0.29, 0.717) is 6.61 Å². The molecule has 1 N–H and O–H groups in total. The fourth-order valence-corrected chi connectivity index (χ4v) is 2.96. The summed E-state index contributed by atoms with van der Waals surface area (Å²) in [6.45, 7) is 3.10. The minimum absolute atomic E-state index is 0.0654. The van der Waals surface area contributed by atoms with E-state index in [-0.39, 0.29) is 18.4 Å². The van der Waals surface area contributed by atoms with Crippen molar-refractivity contribution in [2.24, 2.45) is 0 Å². The number of aliphatic hydroxyl groups is 1. The van der Waals surface area contributed by atoms with E-state index in [4.69, 9.17) is 9.84 Å². The molecule has 0 unspecified atom stereocenters. The fourth-order valence-electron chi connectivity index (χ4n) is 2.47. The number of hydrogen-bond acceptors (Lipinski definition) is 5. The average molecular weight is 359 g/mol. The summed E-state index contributed by atoms with van der Waals surface area (Å²) in [7, 11) is 0. The Morgan fingerprint density at radius 1 is 1.43 bits per heavy atom. The van der Waals surface area contributed by atoms with Crippen LogP contribution in [-0.4, -0.2) is 47.3 Å². The Kier molecular flexibility index (Phi) is 6.10. The van der Waals surface area contributed by atoms with Crippen molar-refractivity contribution in [3.8, 4) is 0 Å². The van der Waals surface area contributed by atoms with Crippen LogP contribution in [0.4, 0.5) is 5.69 Å². The Bertz CT molecular complexity index is 490. The Labute approximate surface area is 132 Å². The zero-order valence-corrected chi connectivity index (χ0v) is 13.3. The van der Waals surface area contributed by atoms with E-state index in [1.54, 1.807) is 12.1 Å². The van der Waals surface area contributed by atoms with Crippen LogP contribution in [0.2, 0.25) is 0 Å². The topological polar surface area (TPSA) is 75.8 Å². The molecule has 1 fully saturated rings. The summed E-state index contributed by atoms with van der Waals surface area (Å²) in [5, 5.41) is 19.5. The van der Waals surface area contributed by atoms with E-state index in [1.807, 2.05) is 0 Å². The van der Waals surface area contributed by atoms with Crippen LogP contribution in [0.15, 0.2) is 22.7 Å². The van der Waals surface area contributed by atoms with Crippen molar-refractivity contribution >= 4 is 21.6 Å². The van der Waals surface area contributed by atoms with Crippen molar-refractivity contribution in [1.82, 2.24) is 4.90 Å². The molecule has 0 bridgehead atoms. The molecule has 7 heteroatoms. The normalized spacial score (nSPS) is 17.0. The molecule has 0 saturated carbocycles. The number of nitrogens with zero attached hydrogens (tertiary/aromatic N) is 2. The zero-order chi connectivity index (χ0) is 15.2. The van der Waals surface area contributed by atoms with Crippen LogP contribution in [0.25, 0.3) is 0 Å². The Hall–Kier alpha value is -1.02. The lowest BCUT2D eigenvalue weighted by Gasteiger charge is -2.32. The lowest BCUT2D eigenvalue weighted by Crippen LogP contribution is -2.37. The predicted molar refractivity (Wildman–Crippen MR) is 82.1 cm³/mol. The summed E-state index contributed by atoms with van der Waals surface area (Å²) >= 11 is 3.40. The second-order valence-corrected chi connectivity index (χ2v) is 5.96. The maximum Gasteiger partial charge on any atom is 0.270 e. The molecule has 0 aliphatic carbocycles. The number of hydrogen-bond donors (Lipinski definition) is 1. The third kappa shape index (κ3) is 4.74. The number of halogens is 1. The number of likely N-dealkylation sites (tertiary alicyclic amines) is 1. The fraction of sp³-hybridized carbons (Fsp3) is 0.571. The molecule has 2 rings (SSSR count). The van der Waals surface area contributed by atoms with Gasteiger partial charge in [-0.3, -0.25) is 15.0 Å². The SMILES string of the molecule is O=[N+]([O-])c1ccc(CN2CCC(OCCO)CC2)c(Br)c1. The zero-order valence-electron chi connectivity index (χ0n) is 11.7. The van der Waals surface area contributed by atoms with E-state index >= 15 is 0 Å². The number of aliphatic hydroxyl groups excluding tert-OH is 1.